The zero-order chi connectivity index (χ0) is 27.3. The van der Waals surface area contributed by atoms with E-state index < -0.39 is 17.0 Å². The Morgan fingerprint density at radius 1 is 1.22 bits per heavy atom. The molecule has 0 spiro atoms. The molecule has 9 nitrogen and oxygen atoms in total. The number of nitrogens with two attached hydrogens (primary N) is 1. The van der Waals surface area contributed by atoms with Crippen molar-refractivity contribution in [2.45, 2.75) is 26.4 Å². The summed E-state index contributed by atoms with van der Waals surface area (Å²) >= 11 is 0. The Kier molecular flexibility index (Phi) is 13.1. The van der Waals surface area contributed by atoms with E-state index in [2.05, 4.69) is 23.2 Å². The summed E-state index contributed by atoms with van der Waals surface area (Å²) in [4.78, 5) is 30.0. The van der Waals surface area contributed by atoms with E-state index in [0.29, 0.717) is 12.4 Å². The molecule has 3 rings (SSSR count). The van der Waals surface area contributed by atoms with Crippen LogP contribution in [-0.2, 0) is 27.1 Å². The summed E-state index contributed by atoms with van der Waals surface area (Å²) in [6.07, 6.45) is 8.74. The topological polar surface area (TPSA) is 128 Å². The fraction of sp³-hybridized carbons (Fsp3) is 0.346. The van der Waals surface area contributed by atoms with Crippen LogP contribution in [0.15, 0.2) is 47.5 Å². The number of carbonyl (C=O) groups excluding carboxylic acids is 2. The summed E-state index contributed by atoms with van der Waals surface area (Å²) < 4.78 is 14.4. The monoisotopic (exact) mass is 513 g/mol. The molecular weight excluding hydrogens is 478 g/mol. The third kappa shape index (κ3) is 8.30. The van der Waals surface area contributed by atoms with Crippen LogP contribution >= 0.6 is 0 Å². The summed E-state index contributed by atoms with van der Waals surface area (Å²) in [6.45, 7) is 4.53. The van der Waals surface area contributed by atoms with E-state index in [1.165, 1.54) is 4.90 Å². The van der Waals surface area contributed by atoms with Gasteiger partial charge in [0, 0.05) is 38.5 Å². The number of carbonyl (C=O) groups is 2. The summed E-state index contributed by atoms with van der Waals surface area (Å²) in [5, 5.41) is 10.2. The van der Waals surface area contributed by atoms with Crippen LogP contribution in [0.4, 0.5) is 5.69 Å². The van der Waals surface area contributed by atoms with Crippen molar-refractivity contribution in [2.75, 3.05) is 38.4 Å². The van der Waals surface area contributed by atoms with Crippen LogP contribution in [-0.4, -0.2) is 75.7 Å². The zero-order valence-electron chi connectivity index (χ0n) is 21.2. The van der Waals surface area contributed by atoms with Crippen molar-refractivity contribution in [1.29, 1.82) is 0 Å². The van der Waals surface area contributed by atoms with Gasteiger partial charge in [0.05, 0.1) is 6.54 Å². The first-order chi connectivity index (χ1) is 17.3. The highest BCUT2D eigenvalue weighted by atomic mass is 32.2. The van der Waals surface area contributed by atoms with Gasteiger partial charge in [-0.1, -0.05) is 42.0 Å². The zero-order valence-corrected chi connectivity index (χ0v) is 22.0. The van der Waals surface area contributed by atoms with E-state index in [0.717, 1.165) is 41.3 Å². The predicted molar refractivity (Wildman–Crippen MR) is 146 cm³/mol. The number of piperazine rings is 1. The molecule has 0 aliphatic carbocycles. The minimum atomic E-state index is -1.45. The number of amides is 1. The molecule has 2 aromatic carbocycles. The van der Waals surface area contributed by atoms with Gasteiger partial charge in [0.25, 0.3) is 0 Å². The number of aliphatic imine (C=N–C) groups is 1. The van der Waals surface area contributed by atoms with Crippen LogP contribution in [0.3, 0.4) is 0 Å². The van der Waals surface area contributed by atoms with Crippen molar-refractivity contribution in [2.24, 2.45) is 10.7 Å². The number of aryl methyl sites for hydroxylation is 2. The lowest BCUT2D eigenvalue weighted by Crippen LogP contribution is -2.57. The van der Waals surface area contributed by atoms with E-state index in [4.69, 9.17) is 10.8 Å². The maximum Gasteiger partial charge on any atom is 0.238 e. The Morgan fingerprint density at radius 2 is 1.86 bits per heavy atom. The van der Waals surface area contributed by atoms with Crippen LogP contribution in [0, 0.1) is 26.7 Å². The molecule has 2 aromatic rings. The van der Waals surface area contributed by atoms with E-state index in [1.54, 1.807) is 11.4 Å². The van der Waals surface area contributed by atoms with E-state index in [-0.39, 0.29) is 24.9 Å². The van der Waals surface area contributed by atoms with Crippen molar-refractivity contribution < 1.29 is 18.9 Å². The van der Waals surface area contributed by atoms with Crippen LogP contribution < -0.4 is 11.1 Å². The molecule has 0 bridgehead atoms. The van der Waals surface area contributed by atoms with E-state index >= 15 is 0 Å². The number of hydrogen-bond donors (Lipinski definition) is 3. The standard InChI is InChI=1S/C23H29N5O3S.C2H2.CH4O/c1-16-4-9-21(17(2)10-16)26-15-32(31)27-12-20(14-29)28(22(30)13-27)11-18-5-7-19(8-6-18)23(24)25-3;2*1-2/h4-10,14,20,26H,11-13,15H2,1-3H3,(H2,24,25);1-2H;2H,1H3. The van der Waals surface area contributed by atoms with Crippen LogP contribution in [0.2, 0.25) is 0 Å². The van der Waals surface area contributed by atoms with Gasteiger partial charge in [-0.25, -0.2) is 8.51 Å². The Labute approximate surface area is 216 Å². The molecular formula is C26H35N5O4S. The molecule has 1 amide bonds. The number of aliphatic hydroxyl groups excluding tert-OH is 1. The van der Waals surface area contributed by atoms with Gasteiger partial charge in [0.2, 0.25) is 5.91 Å². The van der Waals surface area contributed by atoms with Crippen molar-refractivity contribution in [3.05, 3.63) is 64.7 Å². The van der Waals surface area contributed by atoms with Crippen LogP contribution in [0.25, 0.3) is 0 Å². The van der Waals surface area contributed by atoms with E-state index in [9.17, 15) is 13.8 Å². The smallest absolute Gasteiger partial charge is 0.238 e. The first kappa shape index (κ1) is 30.5. The Bertz CT molecular complexity index is 1090. The van der Waals surface area contributed by atoms with Gasteiger partial charge < -0.3 is 25.9 Å². The Hall–Kier alpha value is -3.52. The number of benzene rings is 2. The normalized spacial score (nSPS) is 16.6. The van der Waals surface area contributed by atoms with Gasteiger partial charge in [0.15, 0.2) is 0 Å². The van der Waals surface area contributed by atoms with Crippen LogP contribution in [0.1, 0.15) is 22.3 Å². The number of aliphatic hydroxyl groups is 1. The second-order valence-corrected chi connectivity index (χ2v) is 9.26. The molecule has 1 aliphatic heterocycles. The number of nitrogens with zero attached hydrogens (tertiary/aromatic N) is 3. The van der Waals surface area contributed by atoms with Crippen molar-refractivity contribution in [1.82, 2.24) is 9.21 Å². The molecule has 1 fully saturated rings. The first-order valence-corrected chi connectivity index (χ1v) is 12.4. The van der Waals surface area contributed by atoms with Crippen molar-refractivity contribution in [3.63, 3.8) is 0 Å². The molecule has 2 unspecified atom stereocenters. The molecule has 10 heteroatoms. The number of nitrogens with one attached hydrogen (secondary N) is 1. The van der Waals surface area contributed by atoms with Gasteiger partial charge in [-0.3, -0.25) is 9.79 Å². The summed E-state index contributed by atoms with van der Waals surface area (Å²) in [5.74, 6) is 0.376. The molecule has 0 radical (unpaired) electrons. The Balaban J connectivity index is 0.00000154. The average Bonchev–Trinajstić information content (AvgIpc) is 2.91. The van der Waals surface area contributed by atoms with Crippen molar-refractivity contribution in [3.8, 4) is 12.8 Å². The maximum atomic E-state index is 12.8. The lowest BCUT2D eigenvalue weighted by Gasteiger charge is -2.37. The average molecular weight is 514 g/mol. The highest BCUT2D eigenvalue weighted by molar-refractivity contribution is 7.82. The lowest BCUT2D eigenvalue weighted by molar-refractivity contribution is -0.141. The fourth-order valence-electron chi connectivity index (χ4n) is 3.62. The molecule has 1 saturated heterocycles. The SMILES string of the molecule is C#C.CN=C(N)c1ccc(CN2C(=O)CN(S(=O)CNc3ccc(C)cc3C)CC2C=O)cc1.CO. The minimum Gasteiger partial charge on any atom is -0.400 e. The summed E-state index contributed by atoms with van der Waals surface area (Å²) in [6, 6.07) is 12.7. The second-order valence-electron chi connectivity index (χ2n) is 7.81. The number of aldehydes is 1. The predicted octanol–water partition coefficient (Wildman–Crippen LogP) is 1.44. The van der Waals surface area contributed by atoms with Gasteiger partial charge in [-0.2, -0.15) is 0 Å². The molecule has 1 heterocycles. The summed E-state index contributed by atoms with van der Waals surface area (Å²) in [7, 11) is 1.18. The molecule has 0 saturated carbocycles. The van der Waals surface area contributed by atoms with Gasteiger partial charge in [-0.15, -0.1) is 12.8 Å². The van der Waals surface area contributed by atoms with Gasteiger partial charge >= 0.3 is 0 Å². The lowest BCUT2D eigenvalue weighted by atomic mass is 10.1. The molecule has 0 aromatic heterocycles. The Morgan fingerprint density at radius 3 is 2.42 bits per heavy atom. The molecule has 194 valence electrons. The third-order valence-corrected chi connectivity index (χ3v) is 6.73. The van der Waals surface area contributed by atoms with Crippen LogP contribution in [0.5, 0.6) is 0 Å². The van der Waals surface area contributed by atoms with Gasteiger partial charge in [-0.05, 0) is 31.0 Å². The molecule has 4 N–H and O–H groups in total. The quantitative estimate of drug-likeness (QED) is 0.212. The van der Waals surface area contributed by atoms with Gasteiger partial charge in [0.1, 0.15) is 35.0 Å². The molecule has 36 heavy (non-hydrogen) atoms. The van der Waals surface area contributed by atoms with Crippen molar-refractivity contribution >= 4 is 34.7 Å². The number of amidine groups is 1. The fourth-order valence-corrected chi connectivity index (χ4v) is 4.66. The minimum absolute atomic E-state index is 0.000957. The number of rotatable bonds is 8. The number of terminal acetylenes is 1. The second kappa shape index (κ2) is 15.5. The molecule has 2 atom stereocenters. The first-order valence-electron chi connectivity index (χ1n) is 11.1. The highest BCUT2D eigenvalue weighted by Crippen LogP contribution is 2.19. The number of hydrogen-bond acceptors (Lipinski definition) is 6. The van der Waals surface area contributed by atoms with E-state index in [1.807, 2.05) is 56.3 Å². The highest BCUT2D eigenvalue weighted by Gasteiger charge is 2.34. The summed E-state index contributed by atoms with van der Waals surface area (Å²) in [5.41, 5.74) is 10.6. The molecule has 1 aliphatic rings. The maximum absolute atomic E-state index is 12.8. The third-order valence-electron chi connectivity index (χ3n) is 5.48. The largest absolute Gasteiger partial charge is 0.400 e. The number of anilines is 1.